The summed E-state index contributed by atoms with van der Waals surface area (Å²) < 4.78 is 0. The maximum atomic E-state index is 11.0. The molecule has 1 aliphatic heterocycles. The molecule has 4 amide bonds. The van der Waals surface area contributed by atoms with Gasteiger partial charge >= 0.3 is 6.03 Å². The number of amides is 4. The van der Waals surface area contributed by atoms with Crippen LogP contribution in [0.5, 0.6) is 0 Å². The Kier molecular flexibility index (Phi) is 4.36. The lowest BCUT2D eigenvalue weighted by Gasteiger charge is -2.23. The number of carbonyl (C=O) groups excluding carboxylic acids is 3. The Labute approximate surface area is 80.8 Å². The summed E-state index contributed by atoms with van der Waals surface area (Å²) in [4.78, 5) is 33.5. The van der Waals surface area contributed by atoms with Gasteiger partial charge in [-0.1, -0.05) is 0 Å². The highest BCUT2D eigenvalue weighted by Crippen LogP contribution is 2.00. The molecule has 7 heteroatoms. The van der Waals surface area contributed by atoms with E-state index in [-0.39, 0.29) is 31.9 Å². The van der Waals surface area contributed by atoms with Crippen molar-refractivity contribution in [1.29, 1.82) is 0 Å². The summed E-state index contributed by atoms with van der Waals surface area (Å²) in [6, 6.07) is -0.679. The van der Waals surface area contributed by atoms with Crippen molar-refractivity contribution in [3.05, 3.63) is 0 Å². The number of nitrogens with two attached hydrogens (primary N) is 1. The van der Waals surface area contributed by atoms with Gasteiger partial charge in [0.15, 0.2) is 0 Å². The Hall–Kier alpha value is -1.14. The fourth-order valence-corrected chi connectivity index (χ4v) is 0.932. The lowest BCUT2D eigenvalue weighted by Crippen LogP contribution is -2.53. The summed E-state index contributed by atoms with van der Waals surface area (Å²) in [5.74, 6) is -1.05. The summed E-state index contributed by atoms with van der Waals surface area (Å²) in [6.07, 6.45) is -0.272. The topological polar surface area (TPSA) is 92.5 Å². The van der Waals surface area contributed by atoms with Crippen LogP contribution in [0.1, 0.15) is 6.42 Å². The number of nitrogens with one attached hydrogen (secondary N) is 1. The highest BCUT2D eigenvalue weighted by atomic mass is 35.5. The van der Waals surface area contributed by atoms with Gasteiger partial charge in [0.1, 0.15) is 6.42 Å². The van der Waals surface area contributed by atoms with Crippen LogP contribution in [-0.4, -0.2) is 35.8 Å². The van der Waals surface area contributed by atoms with Crippen molar-refractivity contribution in [2.24, 2.45) is 5.73 Å². The van der Waals surface area contributed by atoms with Gasteiger partial charge in [0.2, 0.25) is 11.8 Å². The molecule has 0 saturated carbocycles. The molecule has 13 heavy (non-hydrogen) atoms. The largest absolute Gasteiger partial charge is 0.330 e. The molecule has 0 aromatic rings. The summed E-state index contributed by atoms with van der Waals surface area (Å²) in [5, 5.41) is 2.02. The van der Waals surface area contributed by atoms with Crippen molar-refractivity contribution in [3.63, 3.8) is 0 Å². The van der Waals surface area contributed by atoms with E-state index in [1.807, 2.05) is 5.32 Å². The van der Waals surface area contributed by atoms with Gasteiger partial charge in [-0.25, -0.2) is 4.79 Å². The van der Waals surface area contributed by atoms with E-state index in [2.05, 4.69) is 0 Å². The molecule has 0 aromatic heterocycles. The van der Waals surface area contributed by atoms with E-state index in [9.17, 15) is 14.4 Å². The zero-order valence-electron chi connectivity index (χ0n) is 6.78. The minimum atomic E-state index is -0.679. The third-order valence-electron chi connectivity index (χ3n) is 1.46. The van der Waals surface area contributed by atoms with Crippen LogP contribution in [0, 0.1) is 0 Å². The molecule has 0 unspecified atom stereocenters. The van der Waals surface area contributed by atoms with Crippen LogP contribution < -0.4 is 11.1 Å². The van der Waals surface area contributed by atoms with Gasteiger partial charge < -0.3 is 5.73 Å². The van der Waals surface area contributed by atoms with Crippen molar-refractivity contribution in [2.45, 2.75) is 6.42 Å². The van der Waals surface area contributed by atoms with Crippen LogP contribution in [0.4, 0.5) is 4.79 Å². The van der Waals surface area contributed by atoms with E-state index in [1.165, 1.54) is 0 Å². The fourth-order valence-electron chi connectivity index (χ4n) is 0.932. The van der Waals surface area contributed by atoms with Crippen LogP contribution in [0.15, 0.2) is 0 Å². The van der Waals surface area contributed by atoms with E-state index < -0.39 is 17.8 Å². The Balaban J connectivity index is 0.00000144. The van der Waals surface area contributed by atoms with Gasteiger partial charge in [-0.15, -0.1) is 12.4 Å². The van der Waals surface area contributed by atoms with Crippen molar-refractivity contribution < 1.29 is 14.4 Å². The molecule has 0 atom stereocenters. The van der Waals surface area contributed by atoms with Gasteiger partial charge in [0.25, 0.3) is 0 Å². The number of imide groups is 2. The smallest absolute Gasteiger partial charge is 0.329 e. The van der Waals surface area contributed by atoms with Crippen molar-refractivity contribution in [3.8, 4) is 0 Å². The average molecular weight is 208 g/mol. The molecule has 1 heterocycles. The molecule has 1 aliphatic rings. The normalized spacial score (nSPS) is 16.7. The van der Waals surface area contributed by atoms with E-state index in [1.54, 1.807) is 0 Å². The minimum Gasteiger partial charge on any atom is -0.329 e. The lowest BCUT2D eigenvalue weighted by atomic mass is 10.3. The van der Waals surface area contributed by atoms with E-state index in [0.29, 0.717) is 0 Å². The van der Waals surface area contributed by atoms with Crippen molar-refractivity contribution in [1.82, 2.24) is 10.2 Å². The second-order valence-electron chi connectivity index (χ2n) is 2.36. The molecular weight excluding hydrogens is 198 g/mol. The first kappa shape index (κ1) is 11.9. The first-order chi connectivity index (χ1) is 5.65. The van der Waals surface area contributed by atoms with Crippen LogP contribution in [0.25, 0.3) is 0 Å². The summed E-state index contributed by atoms with van der Waals surface area (Å²) in [6.45, 7) is 0.352. The van der Waals surface area contributed by atoms with E-state index in [0.717, 1.165) is 4.90 Å². The van der Waals surface area contributed by atoms with Crippen LogP contribution in [0.2, 0.25) is 0 Å². The summed E-state index contributed by atoms with van der Waals surface area (Å²) >= 11 is 0. The molecule has 3 N–H and O–H groups in total. The van der Waals surface area contributed by atoms with Gasteiger partial charge in [0.05, 0.1) is 0 Å². The monoisotopic (exact) mass is 207 g/mol. The molecular formula is C6H10ClN3O3. The lowest BCUT2D eigenvalue weighted by molar-refractivity contribution is -0.136. The fraction of sp³-hybridized carbons (Fsp3) is 0.500. The Morgan fingerprint density at radius 1 is 1.38 bits per heavy atom. The van der Waals surface area contributed by atoms with Gasteiger partial charge in [-0.05, 0) is 0 Å². The Morgan fingerprint density at radius 2 is 2.00 bits per heavy atom. The molecule has 74 valence electrons. The maximum absolute atomic E-state index is 11.0. The third-order valence-corrected chi connectivity index (χ3v) is 1.46. The first-order valence-electron chi connectivity index (χ1n) is 3.49. The van der Waals surface area contributed by atoms with Gasteiger partial charge in [-0.2, -0.15) is 0 Å². The number of hydrogen-bond acceptors (Lipinski definition) is 4. The zero-order valence-corrected chi connectivity index (χ0v) is 7.60. The average Bonchev–Trinajstić information content (AvgIpc) is 1.96. The first-order valence-corrected chi connectivity index (χ1v) is 3.49. The molecule has 0 aliphatic carbocycles. The number of nitrogens with zero attached hydrogens (tertiary/aromatic N) is 1. The predicted molar refractivity (Wildman–Crippen MR) is 46.2 cm³/mol. The minimum absolute atomic E-state index is 0. The number of barbiturate groups is 1. The molecule has 1 saturated heterocycles. The summed E-state index contributed by atoms with van der Waals surface area (Å²) in [5.41, 5.74) is 5.16. The predicted octanol–water partition coefficient (Wildman–Crippen LogP) is -1.16. The highest BCUT2D eigenvalue weighted by molar-refractivity contribution is 6.14. The van der Waals surface area contributed by atoms with Crippen LogP contribution in [-0.2, 0) is 9.59 Å². The van der Waals surface area contributed by atoms with Crippen molar-refractivity contribution >= 4 is 30.3 Å². The van der Waals surface area contributed by atoms with Crippen LogP contribution >= 0.6 is 12.4 Å². The van der Waals surface area contributed by atoms with Crippen molar-refractivity contribution in [2.75, 3.05) is 13.1 Å². The molecule has 1 rings (SSSR count). The second-order valence-corrected chi connectivity index (χ2v) is 2.36. The number of hydrogen-bond donors (Lipinski definition) is 2. The second kappa shape index (κ2) is 4.78. The number of urea groups is 1. The maximum Gasteiger partial charge on any atom is 0.330 e. The molecule has 1 fully saturated rings. The highest BCUT2D eigenvalue weighted by Gasteiger charge is 2.29. The Bertz CT molecular complexity index is 223. The third kappa shape index (κ3) is 2.67. The molecule has 6 nitrogen and oxygen atoms in total. The molecule has 0 bridgehead atoms. The van der Waals surface area contributed by atoms with Gasteiger partial charge in [0, 0.05) is 13.1 Å². The van der Waals surface area contributed by atoms with Gasteiger partial charge in [-0.3, -0.25) is 19.8 Å². The number of halogens is 1. The standard InChI is InChI=1S/C6H9N3O3.ClH/c7-1-2-9-5(11)3-4(10)8-6(9)12;/h1-3,7H2,(H,8,10,12);1H. The Morgan fingerprint density at radius 3 is 2.46 bits per heavy atom. The quantitative estimate of drug-likeness (QED) is 0.559. The SMILES string of the molecule is Cl.NCCN1C(=O)CC(=O)NC1=O. The van der Waals surface area contributed by atoms with E-state index in [4.69, 9.17) is 5.73 Å². The van der Waals surface area contributed by atoms with Crippen LogP contribution in [0.3, 0.4) is 0 Å². The summed E-state index contributed by atoms with van der Waals surface area (Å²) in [7, 11) is 0. The molecule has 0 spiro atoms. The molecule has 0 aromatic carbocycles. The molecule has 0 radical (unpaired) electrons. The number of carbonyl (C=O) groups is 3. The number of rotatable bonds is 2. The van der Waals surface area contributed by atoms with E-state index >= 15 is 0 Å². The zero-order chi connectivity index (χ0) is 9.14.